The lowest BCUT2D eigenvalue weighted by molar-refractivity contribution is -0.114. The maximum Gasteiger partial charge on any atom is 0.285 e. The number of amides is 1. The third kappa shape index (κ3) is 5.98. The molecule has 7 nitrogen and oxygen atoms in total. The molecule has 0 heterocycles. The van der Waals surface area contributed by atoms with E-state index in [0.717, 1.165) is 0 Å². The summed E-state index contributed by atoms with van der Waals surface area (Å²) in [6.07, 6.45) is 4.17. The highest BCUT2D eigenvalue weighted by molar-refractivity contribution is 7.93. The van der Waals surface area contributed by atoms with Gasteiger partial charge in [0.15, 0.2) is 23.0 Å². The molecule has 0 aliphatic heterocycles. The number of ether oxygens (including phenoxy) is 2. The van der Waals surface area contributed by atoms with Gasteiger partial charge in [-0.1, -0.05) is 12.1 Å². The van der Waals surface area contributed by atoms with Crippen LogP contribution < -0.4 is 14.2 Å². The zero-order valence-corrected chi connectivity index (χ0v) is 15.5. The number of hydrogen-bond acceptors (Lipinski definition) is 6. The van der Waals surface area contributed by atoms with Gasteiger partial charge in [0, 0.05) is 6.08 Å². The fourth-order valence-electron chi connectivity index (χ4n) is 2.10. The van der Waals surface area contributed by atoms with Gasteiger partial charge in [0.05, 0.1) is 14.2 Å². The predicted octanol–water partition coefficient (Wildman–Crippen LogP) is 2.58. The lowest BCUT2D eigenvalue weighted by Gasteiger charge is -2.05. The van der Waals surface area contributed by atoms with E-state index in [1.807, 2.05) is 0 Å². The Morgan fingerprint density at radius 2 is 1.52 bits per heavy atom. The number of hydrogen-bond donors (Lipinski definition) is 3. The second-order valence-electron chi connectivity index (χ2n) is 5.26. The molecule has 1 atom stereocenters. The van der Waals surface area contributed by atoms with Crippen LogP contribution in [-0.2, 0) is 16.2 Å². The summed E-state index contributed by atoms with van der Waals surface area (Å²) in [6.45, 7) is 0. The van der Waals surface area contributed by atoms with E-state index < -0.39 is 17.3 Å². The zero-order valence-electron chi connectivity index (χ0n) is 14.7. The molecule has 0 fully saturated rings. The topological polar surface area (TPSA) is 111 Å². The molecule has 142 valence electrons. The van der Waals surface area contributed by atoms with Gasteiger partial charge in [0.1, 0.15) is 16.8 Å². The number of phenols is 2. The largest absolute Gasteiger partial charge is 0.588 e. The van der Waals surface area contributed by atoms with Gasteiger partial charge in [-0.05, 0) is 47.5 Å². The highest BCUT2D eigenvalue weighted by atomic mass is 32.2. The Morgan fingerprint density at radius 3 is 2.00 bits per heavy atom. The first-order valence-electron chi connectivity index (χ1n) is 7.74. The first-order valence-corrected chi connectivity index (χ1v) is 8.95. The first-order chi connectivity index (χ1) is 12.9. The lowest BCUT2D eigenvalue weighted by Crippen LogP contribution is -2.26. The molecule has 0 aliphatic carbocycles. The summed E-state index contributed by atoms with van der Waals surface area (Å²) in [5.41, 5.74) is 1.18. The number of benzene rings is 2. The average molecular weight is 389 g/mol. The average Bonchev–Trinajstić information content (AvgIpc) is 2.65. The second-order valence-corrected chi connectivity index (χ2v) is 6.33. The summed E-state index contributed by atoms with van der Waals surface area (Å²) in [5, 5.41) is 20.7. The number of phenolic OH excluding ortho intramolecular Hbond substituents is 2. The van der Waals surface area contributed by atoms with Crippen LogP contribution in [0, 0.1) is 0 Å². The minimum Gasteiger partial charge on any atom is -0.588 e. The fraction of sp³-hybridized carbons (Fsp3) is 0.105. The molecule has 0 saturated carbocycles. The molecule has 2 rings (SSSR count). The van der Waals surface area contributed by atoms with Crippen LogP contribution in [0.25, 0.3) is 12.2 Å². The van der Waals surface area contributed by atoms with E-state index in [-0.39, 0.29) is 11.5 Å². The summed E-state index contributed by atoms with van der Waals surface area (Å²) in [5.74, 6) is 0.00372. The van der Waals surface area contributed by atoms with Crippen molar-refractivity contribution >= 4 is 29.4 Å². The Labute approximate surface area is 159 Å². The molecule has 0 saturated heterocycles. The van der Waals surface area contributed by atoms with Crippen molar-refractivity contribution < 1.29 is 29.0 Å². The van der Waals surface area contributed by atoms with Crippen LogP contribution in [0.1, 0.15) is 11.1 Å². The highest BCUT2D eigenvalue weighted by Crippen LogP contribution is 2.27. The number of nitrogens with one attached hydrogen (secondary N) is 1. The number of methoxy groups -OCH3 is 2. The van der Waals surface area contributed by atoms with Crippen LogP contribution in [0.4, 0.5) is 0 Å². The van der Waals surface area contributed by atoms with E-state index in [1.54, 1.807) is 24.3 Å². The Morgan fingerprint density at radius 1 is 1.00 bits per heavy atom. The third-order valence-corrected chi connectivity index (χ3v) is 4.20. The monoisotopic (exact) mass is 389 g/mol. The molecule has 1 unspecified atom stereocenters. The molecule has 2 aromatic rings. The molecule has 1 amide bonds. The number of carbonyl (C=O) groups excluding carboxylic acids is 1. The number of carbonyl (C=O) groups is 1. The molecule has 3 N–H and O–H groups in total. The molecule has 0 spiro atoms. The molecule has 0 bridgehead atoms. The molecule has 8 heteroatoms. The van der Waals surface area contributed by atoms with Crippen molar-refractivity contribution in [1.29, 1.82) is 0 Å². The summed E-state index contributed by atoms with van der Waals surface area (Å²) >= 11 is -1.75. The Kier molecular flexibility index (Phi) is 7.16. The second kappa shape index (κ2) is 9.56. The Balaban J connectivity index is 1.93. The van der Waals surface area contributed by atoms with Gasteiger partial charge in [0.2, 0.25) is 0 Å². The summed E-state index contributed by atoms with van der Waals surface area (Å²) in [7, 11) is 2.88. The lowest BCUT2D eigenvalue weighted by atomic mass is 10.2. The van der Waals surface area contributed by atoms with E-state index in [2.05, 4.69) is 4.72 Å². The molecular weight excluding hydrogens is 370 g/mol. The predicted molar refractivity (Wildman–Crippen MR) is 104 cm³/mol. The van der Waals surface area contributed by atoms with Crippen LogP contribution in [0.2, 0.25) is 0 Å². The zero-order chi connectivity index (χ0) is 19.8. The normalized spacial score (nSPS) is 12.3. The molecule has 27 heavy (non-hydrogen) atoms. The standard InChI is InChI=1S/C19H19NO6S/c1-25-17-6-3-13(11-15(17)21)5-8-19(23)20-27(24)10-9-14-4-7-18(26-2)16(22)12-14/h3-12,21-22H,1-2H3,(H,20,23)/b8-5+,10-9+. The van der Waals surface area contributed by atoms with Crippen molar-refractivity contribution in [3.05, 3.63) is 59.0 Å². The van der Waals surface area contributed by atoms with Crippen molar-refractivity contribution in [3.63, 3.8) is 0 Å². The van der Waals surface area contributed by atoms with Gasteiger partial charge < -0.3 is 24.2 Å². The molecule has 0 radical (unpaired) electrons. The van der Waals surface area contributed by atoms with Crippen molar-refractivity contribution in [2.45, 2.75) is 0 Å². The summed E-state index contributed by atoms with van der Waals surface area (Å²) < 4.78 is 24.1. The molecular formula is C19H19NO6S. The van der Waals surface area contributed by atoms with Crippen LogP contribution in [0.5, 0.6) is 23.0 Å². The van der Waals surface area contributed by atoms with Crippen LogP contribution in [-0.4, -0.2) is 34.9 Å². The van der Waals surface area contributed by atoms with E-state index in [1.165, 1.54) is 50.0 Å². The van der Waals surface area contributed by atoms with E-state index in [4.69, 9.17) is 9.47 Å². The Bertz CT molecular complexity index is 865. The molecule has 2 aromatic carbocycles. The minimum atomic E-state index is -1.75. The fourth-order valence-corrected chi connectivity index (χ4v) is 2.72. The van der Waals surface area contributed by atoms with E-state index in [0.29, 0.717) is 22.6 Å². The van der Waals surface area contributed by atoms with Crippen molar-refractivity contribution in [1.82, 2.24) is 4.72 Å². The van der Waals surface area contributed by atoms with Gasteiger partial charge in [-0.15, -0.1) is 0 Å². The smallest absolute Gasteiger partial charge is 0.285 e. The minimum absolute atomic E-state index is 0.0415. The van der Waals surface area contributed by atoms with Gasteiger partial charge in [0.25, 0.3) is 5.91 Å². The van der Waals surface area contributed by atoms with Crippen LogP contribution in [0.15, 0.2) is 47.9 Å². The van der Waals surface area contributed by atoms with Gasteiger partial charge in [-0.25, -0.2) is 0 Å². The number of aromatic hydroxyl groups is 2. The maximum atomic E-state index is 11.9. The quantitative estimate of drug-likeness (QED) is 0.496. The molecule has 0 aromatic heterocycles. The number of rotatable bonds is 7. The van der Waals surface area contributed by atoms with Gasteiger partial charge >= 0.3 is 0 Å². The van der Waals surface area contributed by atoms with E-state index >= 15 is 0 Å². The highest BCUT2D eigenvalue weighted by Gasteiger charge is 2.07. The van der Waals surface area contributed by atoms with Gasteiger partial charge in [-0.2, -0.15) is 4.72 Å². The molecule has 0 aliphatic rings. The third-order valence-electron chi connectivity index (χ3n) is 3.42. The summed E-state index contributed by atoms with van der Waals surface area (Å²) in [6, 6.07) is 9.36. The Hall–Kier alpha value is -3.10. The first kappa shape index (κ1) is 20.2. The van der Waals surface area contributed by atoms with Crippen molar-refractivity contribution in [3.8, 4) is 23.0 Å². The van der Waals surface area contributed by atoms with Crippen molar-refractivity contribution in [2.75, 3.05) is 14.2 Å². The van der Waals surface area contributed by atoms with Crippen LogP contribution in [0.3, 0.4) is 0 Å². The SMILES string of the molecule is COc1ccc(/C=C/C(=O)N[S+]([O-])/C=C/c2ccc(OC)c(O)c2)cc1O. The van der Waals surface area contributed by atoms with E-state index in [9.17, 15) is 19.6 Å². The summed E-state index contributed by atoms with van der Waals surface area (Å²) in [4.78, 5) is 11.8. The van der Waals surface area contributed by atoms with Crippen molar-refractivity contribution in [2.24, 2.45) is 0 Å². The van der Waals surface area contributed by atoms with Gasteiger partial charge in [-0.3, -0.25) is 4.79 Å². The maximum absolute atomic E-state index is 11.9. The van der Waals surface area contributed by atoms with Crippen LogP contribution >= 0.6 is 0 Å².